The van der Waals surface area contributed by atoms with Crippen LogP contribution in [0.25, 0.3) is 0 Å². The summed E-state index contributed by atoms with van der Waals surface area (Å²) in [6, 6.07) is 8.49. The van der Waals surface area contributed by atoms with E-state index in [9.17, 15) is 9.59 Å². The molecule has 5 heteroatoms. The van der Waals surface area contributed by atoms with Gasteiger partial charge in [0.1, 0.15) is 6.61 Å². The molecule has 3 saturated carbocycles. The van der Waals surface area contributed by atoms with Gasteiger partial charge >= 0.3 is 0 Å². The summed E-state index contributed by atoms with van der Waals surface area (Å²) in [5.74, 6) is 2.24. The molecule has 1 aliphatic heterocycles. The topological polar surface area (TPSA) is 67.4 Å². The summed E-state index contributed by atoms with van der Waals surface area (Å²) in [5, 5.41) is 6.34. The number of carbonyl (C=O) groups excluding carboxylic acids is 2. The monoisotopic (exact) mass is 480 g/mol. The Balaban J connectivity index is 1.19. The van der Waals surface area contributed by atoms with Gasteiger partial charge in [0.05, 0.1) is 6.10 Å². The Kier molecular flexibility index (Phi) is 6.31. The molecule has 1 saturated heterocycles. The third kappa shape index (κ3) is 4.43. The Hall–Kier alpha value is -1.88. The van der Waals surface area contributed by atoms with Crippen molar-refractivity contribution in [2.75, 3.05) is 11.9 Å². The highest BCUT2D eigenvalue weighted by Crippen LogP contribution is 2.64. The summed E-state index contributed by atoms with van der Waals surface area (Å²) >= 11 is 0. The highest BCUT2D eigenvalue weighted by Gasteiger charge is 2.60. The van der Waals surface area contributed by atoms with Gasteiger partial charge in [-0.15, -0.1) is 0 Å². The predicted molar refractivity (Wildman–Crippen MR) is 139 cm³/mol. The molecule has 0 bridgehead atoms. The fourth-order valence-electron chi connectivity index (χ4n) is 8.35. The molecule has 2 unspecified atom stereocenters. The fourth-order valence-corrected chi connectivity index (χ4v) is 8.35. The van der Waals surface area contributed by atoms with E-state index in [1.165, 1.54) is 24.8 Å². The number of benzene rings is 1. The number of carbonyl (C=O) groups is 2. The van der Waals surface area contributed by atoms with Crippen LogP contribution in [0.4, 0.5) is 5.69 Å². The molecule has 5 nitrogen and oxygen atoms in total. The third-order valence-corrected chi connectivity index (χ3v) is 10.5. The summed E-state index contributed by atoms with van der Waals surface area (Å²) in [7, 11) is 0. The standard InChI is InChI=1S/C30H44N2O3/c1-28(2,3)19-6-8-20(9-7-19)31-27(34)18-35-25-13-11-22-21-10-12-24-29(4,17-15-26(33)32-24)23(21)14-16-30(22,25)5/h6-9,21-25H,10-18H2,1-5H3,(H,31,34)(H,32,33)/t21-,22-,23+,24?,25?,29+,30-/m0/s1. The van der Waals surface area contributed by atoms with Crippen LogP contribution in [0.1, 0.15) is 91.5 Å². The van der Waals surface area contributed by atoms with Crippen molar-refractivity contribution in [3.63, 3.8) is 0 Å². The van der Waals surface area contributed by atoms with Crippen molar-refractivity contribution in [2.45, 2.75) is 104 Å². The van der Waals surface area contributed by atoms with Gasteiger partial charge < -0.3 is 15.4 Å². The molecule has 192 valence electrons. The lowest BCUT2D eigenvalue weighted by atomic mass is 9.47. The average Bonchev–Trinajstić information content (AvgIpc) is 3.14. The normalized spacial score (nSPS) is 38.7. The minimum Gasteiger partial charge on any atom is -0.368 e. The first kappa shape index (κ1) is 24.8. The first-order valence-corrected chi connectivity index (χ1v) is 13.8. The van der Waals surface area contributed by atoms with Gasteiger partial charge in [0.2, 0.25) is 11.8 Å². The van der Waals surface area contributed by atoms with Crippen LogP contribution in [0.3, 0.4) is 0 Å². The molecular formula is C30H44N2O3. The van der Waals surface area contributed by atoms with Gasteiger partial charge in [-0.25, -0.2) is 0 Å². The van der Waals surface area contributed by atoms with Crippen molar-refractivity contribution in [2.24, 2.45) is 28.6 Å². The summed E-state index contributed by atoms with van der Waals surface area (Å²) in [6.07, 6.45) is 8.81. The van der Waals surface area contributed by atoms with Crippen molar-refractivity contribution in [1.29, 1.82) is 0 Å². The largest absolute Gasteiger partial charge is 0.368 e. The Bertz CT molecular complexity index is 967. The minimum atomic E-state index is -0.0692. The second-order valence-corrected chi connectivity index (χ2v) is 13.4. The van der Waals surface area contributed by atoms with Crippen LogP contribution >= 0.6 is 0 Å². The van der Waals surface area contributed by atoms with E-state index in [1.54, 1.807) is 0 Å². The summed E-state index contributed by atoms with van der Waals surface area (Å²) in [5.41, 5.74) is 2.56. The van der Waals surface area contributed by atoms with Gasteiger partial charge in [-0.3, -0.25) is 9.59 Å². The highest BCUT2D eigenvalue weighted by molar-refractivity contribution is 5.91. The number of anilines is 1. The van der Waals surface area contributed by atoms with Crippen LogP contribution in [0.5, 0.6) is 0 Å². The smallest absolute Gasteiger partial charge is 0.250 e. The lowest BCUT2D eigenvalue weighted by Gasteiger charge is -2.60. The molecule has 3 aliphatic carbocycles. The molecule has 5 rings (SSSR count). The van der Waals surface area contributed by atoms with E-state index >= 15 is 0 Å². The SMILES string of the molecule is CC(C)(C)c1ccc(NC(=O)COC2CC[C@H]3[C@@H]4CCC5NC(=O)CC[C@]5(C)[C@@H]4CC[C@]23C)cc1. The first-order chi connectivity index (χ1) is 16.5. The number of hydrogen-bond donors (Lipinski definition) is 2. The van der Waals surface area contributed by atoms with Crippen LogP contribution in [-0.2, 0) is 19.7 Å². The van der Waals surface area contributed by atoms with Crippen molar-refractivity contribution < 1.29 is 14.3 Å². The van der Waals surface area contributed by atoms with Crippen LogP contribution in [0.15, 0.2) is 24.3 Å². The van der Waals surface area contributed by atoms with Gasteiger partial charge in [-0.05, 0) is 96.6 Å². The minimum absolute atomic E-state index is 0.0692. The molecular weight excluding hydrogens is 436 g/mol. The zero-order valence-corrected chi connectivity index (χ0v) is 22.3. The van der Waals surface area contributed by atoms with E-state index < -0.39 is 0 Å². The fraction of sp³-hybridized carbons (Fsp3) is 0.733. The Labute approximate surface area is 211 Å². The number of ether oxygens (including phenoxy) is 1. The molecule has 0 spiro atoms. The van der Waals surface area contributed by atoms with Crippen LogP contribution < -0.4 is 10.6 Å². The molecule has 2 N–H and O–H groups in total. The zero-order valence-electron chi connectivity index (χ0n) is 22.3. The van der Waals surface area contributed by atoms with Gasteiger partial charge in [0.15, 0.2) is 0 Å². The molecule has 2 amide bonds. The molecule has 4 fully saturated rings. The molecule has 35 heavy (non-hydrogen) atoms. The zero-order chi connectivity index (χ0) is 25.0. The molecule has 7 atom stereocenters. The molecule has 0 radical (unpaired) electrons. The van der Waals surface area contributed by atoms with Crippen LogP contribution in [-0.4, -0.2) is 30.6 Å². The average molecular weight is 481 g/mol. The van der Waals surface area contributed by atoms with E-state index in [1.807, 2.05) is 12.1 Å². The predicted octanol–water partition coefficient (Wildman–Crippen LogP) is 5.83. The van der Waals surface area contributed by atoms with Crippen molar-refractivity contribution in [3.05, 3.63) is 29.8 Å². The number of rotatable bonds is 4. The molecule has 1 aromatic carbocycles. The molecule has 1 aromatic rings. The molecule has 1 heterocycles. The van der Waals surface area contributed by atoms with Gasteiger partial charge in [0, 0.05) is 18.2 Å². The van der Waals surface area contributed by atoms with Crippen molar-refractivity contribution in [3.8, 4) is 0 Å². The van der Waals surface area contributed by atoms with Crippen molar-refractivity contribution in [1.82, 2.24) is 5.32 Å². The second-order valence-electron chi connectivity index (χ2n) is 13.4. The highest BCUT2D eigenvalue weighted by atomic mass is 16.5. The first-order valence-electron chi connectivity index (χ1n) is 13.8. The maximum atomic E-state index is 12.7. The summed E-state index contributed by atoms with van der Waals surface area (Å²) < 4.78 is 6.34. The van der Waals surface area contributed by atoms with E-state index in [4.69, 9.17) is 4.74 Å². The lowest BCUT2D eigenvalue weighted by molar-refractivity contribution is -0.143. The van der Waals surface area contributed by atoms with Crippen molar-refractivity contribution >= 4 is 17.5 Å². The Morgan fingerprint density at radius 1 is 1.00 bits per heavy atom. The number of fused-ring (bicyclic) bond motifs is 5. The Morgan fingerprint density at radius 3 is 2.43 bits per heavy atom. The molecule has 0 aromatic heterocycles. The Morgan fingerprint density at radius 2 is 1.71 bits per heavy atom. The quantitative estimate of drug-likeness (QED) is 0.570. The van der Waals surface area contributed by atoms with Gasteiger partial charge in [-0.2, -0.15) is 0 Å². The number of nitrogens with one attached hydrogen (secondary N) is 2. The van der Waals surface area contributed by atoms with Crippen LogP contribution in [0.2, 0.25) is 0 Å². The van der Waals surface area contributed by atoms with E-state index in [0.29, 0.717) is 30.2 Å². The maximum Gasteiger partial charge on any atom is 0.250 e. The van der Waals surface area contributed by atoms with Crippen LogP contribution in [0, 0.1) is 28.6 Å². The van der Waals surface area contributed by atoms with E-state index in [2.05, 4.69) is 57.4 Å². The molecule has 4 aliphatic rings. The van der Waals surface area contributed by atoms with E-state index in [-0.39, 0.29) is 40.8 Å². The number of piperidine rings is 1. The lowest BCUT2D eigenvalue weighted by Crippen LogP contribution is -2.61. The third-order valence-electron chi connectivity index (χ3n) is 10.5. The van der Waals surface area contributed by atoms with Gasteiger partial charge in [0.25, 0.3) is 0 Å². The second kappa shape index (κ2) is 8.90. The number of hydrogen-bond acceptors (Lipinski definition) is 3. The summed E-state index contributed by atoms with van der Waals surface area (Å²) in [6.45, 7) is 11.6. The summed E-state index contributed by atoms with van der Waals surface area (Å²) in [4.78, 5) is 24.7. The van der Waals surface area contributed by atoms with E-state index in [0.717, 1.165) is 31.4 Å². The maximum absolute atomic E-state index is 12.7. The van der Waals surface area contributed by atoms with Gasteiger partial charge in [-0.1, -0.05) is 46.8 Å². The number of amides is 2.